The van der Waals surface area contributed by atoms with Crippen LogP contribution in [0.25, 0.3) is 10.7 Å². The van der Waals surface area contributed by atoms with Crippen molar-refractivity contribution in [2.45, 2.75) is 13.0 Å². The van der Waals surface area contributed by atoms with Gasteiger partial charge in [0, 0.05) is 23.8 Å². The van der Waals surface area contributed by atoms with Crippen LogP contribution < -0.4 is 5.32 Å². The molecule has 124 valence electrons. The highest BCUT2D eigenvalue weighted by Crippen LogP contribution is 2.30. The molecule has 1 amide bonds. The maximum atomic E-state index is 12.0. The Hall–Kier alpha value is -3.31. The second-order valence-electron chi connectivity index (χ2n) is 5.12. The molecule has 2 N–H and O–H groups in total. The lowest BCUT2D eigenvalue weighted by Gasteiger charge is -2.03. The van der Waals surface area contributed by atoms with E-state index in [-0.39, 0.29) is 23.6 Å². The average molecular weight is 351 g/mol. The summed E-state index contributed by atoms with van der Waals surface area (Å²) in [5.74, 6) is -0.279. The van der Waals surface area contributed by atoms with Crippen molar-refractivity contribution < 1.29 is 9.90 Å². The molecule has 0 atom stereocenters. The Balaban J connectivity index is 1.63. The summed E-state index contributed by atoms with van der Waals surface area (Å²) in [5.41, 5.74) is 1.93. The monoisotopic (exact) mass is 351 g/mol. The second-order valence-corrected chi connectivity index (χ2v) is 5.98. The van der Waals surface area contributed by atoms with Gasteiger partial charge in [0.25, 0.3) is 0 Å². The van der Waals surface area contributed by atoms with Gasteiger partial charge in [0.1, 0.15) is 22.5 Å². The maximum Gasteiger partial charge on any atom is 0.226 e. The molecule has 0 radical (unpaired) electrons. The first-order valence-corrected chi connectivity index (χ1v) is 8.24. The van der Waals surface area contributed by atoms with E-state index in [1.54, 1.807) is 11.6 Å². The Morgan fingerprint density at radius 2 is 2.20 bits per heavy atom. The number of aromatic hydroxyl groups is 1. The van der Waals surface area contributed by atoms with Crippen LogP contribution in [0.3, 0.4) is 0 Å². The highest BCUT2D eigenvalue weighted by Gasteiger charge is 2.13. The minimum atomic E-state index is -0.167. The molecule has 8 heteroatoms. The van der Waals surface area contributed by atoms with E-state index in [0.29, 0.717) is 22.9 Å². The van der Waals surface area contributed by atoms with Crippen molar-refractivity contribution in [2.24, 2.45) is 0 Å². The minimum Gasteiger partial charge on any atom is -0.506 e. The van der Waals surface area contributed by atoms with Gasteiger partial charge in [0.15, 0.2) is 0 Å². The molecular weight excluding hydrogens is 338 g/mol. The van der Waals surface area contributed by atoms with Gasteiger partial charge in [-0.05, 0) is 12.1 Å². The largest absolute Gasteiger partial charge is 0.506 e. The van der Waals surface area contributed by atoms with Crippen LogP contribution in [0.5, 0.6) is 5.75 Å². The molecule has 25 heavy (non-hydrogen) atoms. The summed E-state index contributed by atoms with van der Waals surface area (Å²) < 4.78 is 0. The molecule has 0 saturated heterocycles. The summed E-state index contributed by atoms with van der Waals surface area (Å²) in [6, 6.07) is 8.75. The number of nitrogens with zero attached hydrogens (tertiary/aromatic N) is 4. The number of rotatable bonds is 5. The predicted octanol–water partition coefficient (Wildman–Crippen LogP) is 2.04. The number of hydrogen-bond acceptors (Lipinski definition) is 7. The number of nitriles is 1. The normalized spacial score (nSPS) is 10.2. The van der Waals surface area contributed by atoms with E-state index in [1.165, 1.54) is 23.6 Å². The van der Waals surface area contributed by atoms with Gasteiger partial charge in [-0.3, -0.25) is 9.78 Å². The zero-order valence-corrected chi connectivity index (χ0v) is 13.8. The molecule has 0 unspecified atom stereocenters. The molecular formula is C17H13N5O2S. The van der Waals surface area contributed by atoms with Crippen LogP contribution in [0.4, 0.5) is 0 Å². The summed E-state index contributed by atoms with van der Waals surface area (Å²) in [4.78, 5) is 24.5. The fourth-order valence-corrected chi connectivity index (χ4v) is 2.92. The quantitative estimate of drug-likeness (QED) is 0.727. The third-order valence-corrected chi connectivity index (χ3v) is 4.18. The van der Waals surface area contributed by atoms with E-state index in [4.69, 9.17) is 5.26 Å². The van der Waals surface area contributed by atoms with E-state index >= 15 is 0 Å². The topological polar surface area (TPSA) is 112 Å². The van der Waals surface area contributed by atoms with Gasteiger partial charge in [-0.25, -0.2) is 9.97 Å². The molecule has 0 spiro atoms. The summed E-state index contributed by atoms with van der Waals surface area (Å²) in [6.07, 6.45) is 3.17. The number of hydrogen-bond donors (Lipinski definition) is 2. The lowest BCUT2D eigenvalue weighted by atomic mass is 10.2. The fraction of sp³-hybridized carbons (Fsp3) is 0.118. The van der Waals surface area contributed by atoms with Crippen molar-refractivity contribution in [3.63, 3.8) is 0 Å². The van der Waals surface area contributed by atoms with Gasteiger partial charge in [-0.1, -0.05) is 6.07 Å². The third-order valence-electron chi connectivity index (χ3n) is 3.29. The number of amides is 1. The second kappa shape index (κ2) is 7.51. The molecule has 0 aromatic carbocycles. The number of thiazole rings is 1. The van der Waals surface area contributed by atoms with Gasteiger partial charge in [-0.15, -0.1) is 11.3 Å². The number of aromatic nitrogens is 3. The first kappa shape index (κ1) is 16.5. The highest BCUT2D eigenvalue weighted by atomic mass is 32.1. The molecule has 0 aliphatic heterocycles. The SMILES string of the molecule is N#Cc1cnc(-c2nc(CC(=O)NCc3ccccn3)cs2)c(O)c1. The van der Waals surface area contributed by atoms with Gasteiger partial charge in [0.05, 0.1) is 29.9 Å². The Bertz CT molecular complexity index is 934. The summed E-state index contributed by atoms with van der Waals surface area (Å²) in [5, 5.41) is 23.8. The highest BCUT2D eigenvalue weighted by molar-refractivity contribution is 7.13. The zero-order valence-electron chi connectivity index (χ0n) is 13.0. The molecule has 7 nitrogen and oxygen atoms in total. The van der Waals surface area contributed by atoms with Crippen molar-refractivity contribution >= 4 is 17.2 Å². The van der Waals surface area contributed by atoms with Gasteiger partial charge in [0.2, 0.25) is 5.91 Å². The first-order valence-electron chi connectivity index (χ1n) is 7.36. The number of nitrogens with one attached hydrogen (secondary N) is 1. The molecule has 0 aliphatic carbocycles. The van der Waals surface area contributed by atoms with Crippen LogP contribution in [0.15, 0.2) is 42.0 Å². The lowest BCUT2D eigenvalue weighted by molar-refractivity contribution is -0.120. The third kappa shape index (κ3) is 4.16. The molecule has 3 rings (SSSR count). The molecule has 0 fully saturated rings. The van der Waals surface area contributed by atoms with Crippen LogP contribution in [0.1, 0.15) is 17.0 Å². The number of pyridine rings is 2. The van der Waals surface area contributed by atoms with Crippen molar-refractivity contribution in [3.05, 3.63) is 59.0 Å². The van der Waals surface area contributed by atoms with E-state index in [9.17, 15) is 9.90 Å². The lowest BCUT2D eigenvalue weighted by Crippen LogP contribution is -2.25. The van der Waals surface area contributed by atoms with Crippen LogP contribution >= 0.6 is 11.3 Å². The Kier molecular flexibility index (Phi) is 4.97. The van der Waals surface area contributed by atoms with E-state index in [0.717, 1.165) is 5.69 Å². The number of carbonyl (C=O) groups is 1. The molecule has 0 aliphatic rings. The molecule has 3 aromatic heterocycles. The summed E-state index contributed by atoms with van der Waals surface area (Å²) in [7, 11) is 0. The Labute approximate surface area is 147 Å². The van der Waals surface area contributed by atoms with Crippen molar-refractivity contribution in [1.82, 2.24) is 20.3 Å². The van der Waals surface area contributed by atoms with Crippen LogP contribution in [-0.4, -0.2) is 26.0 Å². The van der Waals surface area contributed by atoms with E-state index < -0.39 is 0 Å². The predicted molar refractivity (Wildman–Crippen MR) is 91.5 cm³/mol. The van der Waals surface area contributed by atoms with Gasteiger partial charge >= 0.3 is 0 Å². The molecule has 3 heterocycles. The fourth-order valence-electron chi connectivity index (χ4n) is 2.09. The van der Waals surface area contributed by atoms with Crippen LogP contribution in [0.2, 0.25) is 0 Å². The molecule has 0 bridgehead atoms. The first-order chi connectivity index (χ1) is 12.2. The average Bonchev–Trinajstić information content (AvgIpc) is 3.08. The Morgan fingerprint density at radius 1 is 1.32 bits per heavy atom. The summed E-state index contributed by atoms with van der Waals surface area (Å²) in [6.45, 7) is 0.356. The van der Waals surface area contributed by atoms with Gasteiger partial charge < -0.3 is 10.4 Å². The molecule has 0 saturated carbocycles. The number of carbonyl (C=O) groups excluding carboxylic acids is 1. The zero-order chi connectivity index (χ0) is 17.6. The van der Waals surface area contributed by atoms with Gasteiger partial charge in [-0.2, -0.15) is 5.26 Å². The van der Waals surface area contributed by atoms with Crippen molar-refractivity contribution in [3.8, 4) is 22.5 Å². The minimum absolute atomic E-state index is 0.112. The van der Waals surface area contributed by atoms with Crippen molar-refractivity contribution in [1.29, 1.82) is 5.26 Å². The smallest absolute Gasteiger partial charge is 0.226 e. The van der Waals surface area contributed by atoms with Crippen molar-refractivity contribution in [2.75, 3.05) is 0 Å². The molecule has 3 aromatic rings. The Morgan fingerprint density at radius 3 is 2.92 bits per heavy atom. The summed E-state index contributed by atoms with van der Waals surface area (Å²) >= 11 is 1.28. The van der Waals surface area contributed by atoms with Crippen LogP contribution in [-0.2, 0) is 17.8 Å². The van der Waals surface area contributed by atoms with E-state index in [1.807, 2.05) is 24.3 Å². The van der Waals surface area contributed by atoms with Crippen LogP contribution in [0, 0.1) is 11.3 Å². The maximum absolute atomic E-state index is 12.0. The van der Waals surface area contributed by atoms with E-state index in [2.05, 4.69) is 20.3 Å². The standard InChI is InChI=1S/C17H13N5O2S/c18-7-11-5-14(23)16(21-8-11)17-22-13(10-25-17)6-15(24)20-9-12-3-1-2-4-19-12/h1-5,8,10,23H,6,9H2,(H,20,24).